The summed E-state index contributed by atoms with van der Waals surface area (Å²) in [7, 11) is 1.59. The molecule has 0 aliphatic heterocycles. The molecule has 0 bridgehead atoms. The minimum Gasteiger partial charge on any atom is -0.452 e. The first kappa shape index (κ1) is 15.7. The Kier molecular flexibility index (Phi) is 5.26. The molecule has 0 aliphatic carbocycles. The monoisotopic (exact) mass is 304 g/mol. The van der Waals surface area contributed by atoms with Crippen LogP contribution in [-0.4, -0.2) is 30.7 Å². The first-order valence-electron chi connectivity index (χ1n) is 6.56. The quantitative estimate of drug-likeness (QED) is 0.820. The van der Waals surface area contributed by atoms with Crippen molar-refractivity contribution >= 4 is 17.7 Å². The summed E-state index contributed by atoms with van der Waals surface area (Å²) in [5.74, 6) is -0.209. The van der Waals surface area contributed by atoms with Crippen molar-refractivity contribution in [3.63, 3.8) is 0 Å². The van der Waals surface area contributed by atoms with E-state index in [2.05, 4.69) is 10.5 Å². The predicted molar refractivity (Wildman–Crippen MR) is 77.3 cm³/mol. The van der Waals surface area contributed by atoms with Crippen LogP contribution in [0.15, 0.2) is 34.9 Å². The maximum Gasteiger partial charge on any atom is 0.338 e. The van der Waals surface area contributed by atoms with Gasteiger partial charge in [-0.05, 0) is 24.6 Å². The summed E-state index contributed by atoms with van der Waals surface area (Å²) in [4.78, 5) is 23.4. The zero-order valence-electron chi connectivity index (χ0n) is 12.3. The number of carbonyl (C=O) groups is 2. The number of hydrogen-bond acceptors (Lipinski definition) is 6. The predicted octanol–water partition coefficient (Wildman–Crippen LogP) is 1.92. The Labute approximate surface area is 127 Å². The molecule has 1 N–H and O–H groups in total. The van der Waals surface area contributed by atoms with Crippen molar-refractivity contribution < 1.29 is 23.6 Å². The van der Waals surface area contributed by atoms with Crippen LogP contribution in [-0.2, 0) is 20.9 Å². The molecular weight excluding hydrogens is 288 g/mol. The van der Waals surface area contributed by atoms with Gasteiger partial charge < -0.3 is 19.3 Å². The topological polar surface area (TPSA) is 90.7 Å². The second kappa shape index (κ2) is 7.37. The Morgan fingerprint density at radius 2 is 2.00 bits per heavy atom. The first-order chi connectivity index (χ1) is 10.6. The number of hydrogen-bond donors (Lipinski definition) is 1. The normalized spacial score (nSPS) is 10.3. The molecule has 2 aromatic rings. The van der Waals surface area contributed by atoms with Crippen LogP contribution in [0.1, 0.15) is 21.7 Å². The van der Waals surface area contributed by atoms with E-state index >= 15 is 0 Å². The number of aryl methyl sites for hydroxylation is 1. The van der Waals surface area contributed by atoms with E-state index in [1.165, 1.54) is 0 Å². The fourth-order valence-electron chi connectivity index (χ4n) is 1.72. The Morgan fingerprint density at radius 3 is 2.59 bits per heavy atom. The largest absolute Gasteiger partial charge is 0.452 e. The van der Waals surface area contributed by atoms with Crippen LogP contribution in [0.5, 0.6) is 0 Å². The molecule has 0 unspecified atom stereocenters. The number of nitrogens with one attached hydrogen (secondary N) is 1. The molecule has 2 rings (SSSR count). The highest BCUT2D eigenvalue weighted by Gasteiger charge is 2.11. The van der Waals surface area contributed by atoms with Gasteiger partial charge in [-0.1, -0.05) is 17.3 Å². The third-order valence-electron chi connectivity index (χ3n) is 2.73. The van der Waals surface area contributed by atoms with Crippen LogP contribution in [0, 0.1) is 6.92 Å². The molecule has 0 radical (unpaired) electrons. The number of carbonyl (C=O) groups excluding carboxylic acids is 2. The van der Waals surface area contributed by atoms with Crippen LogP contribution in [0.4, 0.5) is 5.82 Å². The minimum absolute atomic E-state index is 0.280. The molecular formula is C15H16N2O5. The number of rotatable bonds is 6. The number of methoxy groups -OCH3 is 1. The van der Waals surface area contributed by atoms with Gasteiger partial charge in [-0.25, -0.2) is 4.79 Å². The lowest BCUT2D eigenvalue weighted by atomic mass is 10.1. The van der Waals surface area contributed by atoms with E-state index in [-0.39, 0.29) is 5.82 Å². The van der Waals surface area contributed by atoms with Crippen LogP contribution in [0.2, 0.25) is 0 Å². The summed E-state index contributed by atoms with van der Waals surface area (Å²) in [5.41, 5.74) is 1.31. The van der Waals surface area contributed by atoms with Crippen molar-refractivity contribution in [2.24, 2.45) is 0 Å². The lowest BCUT2D eigenvalue weighted by molar-refractivity contribution is -0.119. The molecule has 0 saturated carbocycles. The molecule has 1 heterocycles. The number of amides is 1. The van der Waals surface area contributed by atoms with Crippen LogP contribution < -0.4 is 5.32 Å². The summed E-state index contributed by atoms with van der Waals surface area (Å²) in [5, 5.41) is 6.07. The minimum atomic E-state index is -0.574. The fourth-order valence-corrected chi connectivity index (χ4v) is 1.72. The Bertz CT molecular complexity index is 648. The van der Waals surface area contributed by atoms with Gasteiger partial charge in [0.25, 0.3) is 5.91 Å². The standard InChI is InChI=1S/C15H16N2O5/c1-10-7-13(17-22-10)16-14(18)9-21-15(19)12-5-3-11(4-6-12)8-20-2/h3-7H,8-9H2,1-2H3,(H,16,17,18). The van der Waals surface area contributed by atoms with Crippen molar-refractivity contribution in [2.75, 3.05) is 19.0 Å². The summed E-state index contributed by atoms with van der Waals surface area (Å²) >= 11 is 0. The van der Waals surface area contributed by atoms with Crippen LogP contribution in [0.3, 0.4) is 0 Å². The summed E-state index contributed by atoms with van der Waals surface area (Å²) in [6, 6.07) is 8.33. The number of esters is 1. The van der Waals surface area contributed by atoms with E-state index in [4.69, 9.17) is 14.0 Å². The fraction of sp³-hybridized carbons (Fsp3) is 0.267. The molecule has 1 aromatic heterocycles. The maximum atomic E-state index is 11.8. The van der Waals surface area contributed by atoms with Crippen molar-refractivity contribution in [3.05, 3.63) is 47.2 Å². The van der Waals surface area contributed by atoms with Crippen molar-refractivity contribution in [3.8, 4) is 0 Å². The average Bonchev–Trinajstić information content (AvgIpc) is 2.91. The average molecular weight is 304 g/mol. The smallest absolute Gasteiger partial charge is 0.338 e. The van der Waals surface area contributed by atoms with Gasteiger partial charge in [-0.2, -0.15) is 0 Å². The third-order valence-corrected chi connectivity index (χ3v) is 2.73. The Hall–Kier alpha value is -2.67. The molecule has 7 heteroatoms. The van der Waals surface area contributed by atoms with Crippen molar-refractivity contribution in [2.45, 2.75) is 13.5 Å². The SMILES string of the molecule is COCc1ccc(C(=O)OCC(=O)Nc2cc(C)on2)cc1. The van der Waals surface area contributed by atoms with Crippen molar-refractivity contribution in [1.82, 2.24) is 5.16 Å². The molecule has 22 heavy (non-hydrogen) atoms. The number of aromatic nitrogens is 1. The zero-order chi connectivity index (χ0) is 15.9. The van der Waals surface area contributed by atoms with Gasteiger partial charge in [0.2, 0.25) is 0 Å². The van der Waals surface area contributed by atoms with E-state index in [9.17, 15) is 9.59 Å². The number of anilines is 1. The van der Waals surface area contributed by atoms with E-state index in [0.29, 0.717) is 17.9 Å². The molecule has 0 saturated heterocycles. The molecule has 0 fully saturated rings. The maximum absolute atomic E-state index is 11.8. The van der Waals surface area contributed by atoms with Gasteiger partial charge in [0.15, 0.2) is 12.4 Å². The number of benzene rings is 1. The molecule has 116 valence electrons. The Morgan fingerprint density at radius 1 is 1.27 bits per heavy atom. The van der Waals surface area contributed by atoms with Gasteiger partial charge in [0, 0.05) is 13.2 Å². The molecule has 7 nitrogen and oxygen atoms in total. The molecule has 0 spiro atoms. The van der Waals surface area contributed by atoms with Gasteiger partial charge in [0.1, 0.15) is 5.76 Å². The van der Waals surface area contributed by atoms with E-state index in [1.54, 1.807) is 44.4 Å². The summed E-state index contributed by atoms with van der Waals surface area (Å²) < 4.78 is 14.7. The van der Waals surface area contributed by atoms with Gasteiger partial charge in [0.05, 0.1) is 12.2 Å². The Balaban J connectivity index is 1.82. The highest BCUT2D eigenvalue weighted by Crippen LogP contribution is 2.08. The van der Waals surface area contributed by atoms with E-state index in [1.807, 2.05) is 0 Å². The molecule has 0 aliphatic rings. The third kappa shape index (κ3) is 4.42. The molecule has 1 amide bonds. The summed E-state index contributed by atoms with van der Waals surface area (Å²) in [6.45, 7) is 1.77. The second-order valence-corrected chi connectivity index (χ2v) is 4.58. The zero-order valence-corrected chi connectivity index (χ0v) is 12.3. The van der Waals surface area contributed by atoms with Gasteiger partial charge >= 0.3 is 5.97 Å². The van der Waals surface area contributed by atoms with E-state index < -0.39 is 18.5 Å². The number of nitrogens with zero attached hydrogens (tertiary/aromatic N) is 1. The van der Waals surface area contributed by atoms with Gasteiger partial charge in [-0.15, -0.1) is 0 Å². The number of ether oxygens (including phenoxy) is 2. The first-order valence-corrected chi connectivity index (χ1v) is 6.56. The van der Waals surface area contributed by atoms with Gasteiger partial charge in [-0.3, -0.25) is 4.79 Å². The molecule has 0 atom stereocenters. The van der Waals surface area contributed by atoms with Crippen molar-refractivity contribution in [1.29, 1.82) is 0 Å². The lowest BCUT2D eigenvalue weighted by Gasteiger charge is -2.05. The van der Waals surface area contributed by atoms with Crippen LogP contribution >= 0.6 is 0 Å². The highest BCUT2D eigenvalue weighted by molar-refractivity contribution is 5.94. The van der Waals surface area contributed by atoms with E-state index in [0.717, 1.165) is 5.56 Å². The lowest BCUT2D eigenvalue weighted by Crippen LogP contribution is -2.21. The molecule has 1 aromatic carbocycles. The summed E-state index contributed by atoms with van der Waals surface area (Å²) in [6.07, 6.45) is 0. The highest BCUT2D eigenvalue weighted by atomic mass is 16.5. The van der Waals surface area contributed by atoms with Crippen LogP contribution in [0.25, 0.3) is 0 Å². The second-order valence-electron chi connectivity index (χ2n) is 4.58.